The third-order valence-corrected chi connectivity index (χ3v) is 6.17. The zero-order valence-corrected chi connectivity index (χ0v) is 18.5. The van der Waals surface area contributed by atoms with E-state index in [0.29, 0.717) is 12.0 Å². The fraction of sp³-hybridized carbons (Fsp3) is 0.241. The van der Waals surface area contributed by atoms with Gasteiger partial charge in [-0.1, -0.05) is 74.7 Å². The Bertz CT molecular complexity index is 1220. The molecular formula is C29H26F4. The van der Waals surface area contributed by atoms with Crippen molar-refractivity contribution in [2.75, 3.05) is 0 Å². The van der Waals surface area contributed by atoms with Gasteiger partial charge in [-0.15, -0.1) is 0 Å². The van der Waals surface area contributed by atoms with Crippen molar-refractivity contribution in [2.24, 2.45) is 0 Å². The summed E-state index contributed by atoms with van der Waals surface area (Å²) in [5.41, 5.74) is 0.587. The summed E-state index contributed by atoms with van der Waals surface area (Å²) < 4.78 is 59.6. The molecule has 0 aliphatic carbocycles. The summed E-state index contributed by atoms with van der Waals surface area (Å²) in [5, 5.41) is 1.93. The highest BCUT2D eigenvalue weighted by Gasteiger charge is 2.27. The Hall–Kier alpha value is -3.14. The SMILES string of the molecule is CCCCCC(c1cc(F)c(-c2cccc(F)c2)c(F)c1)C(F)c1ccc2ccccc2c1. The lowest BCUT2D eigenvalue weighted by Gasteiger charge is -2.23. The van der Waals surface area contributed by atoms with Gasteiger partial charge in [-0.05, 0) is 64.2 Å². The molecular weight excluding hydrogens is 424 g/mol. The molecule has 0 aliphatic rings. The topological polar surface area (TPSA) is 0 Å². The van der Waals surface area contributed by atoms with Crippen LogP contribution >= 0.6 is 0 Å². The summed E-state index contributed by atoms with van der Waals surface area (Å²) in [7, 11) is 0. The Morgan fingerprint density at radius 3 is 2.12 bits per heavy atom. The Morgan fingerprint density at radius 1 is 0.697 bits per heavy atom. The van der Waals surface area contributed by atoms with Gasteiger partial charge < -0.3 is 0 Å². The molecule has 0 aliphatic heterocycles. The van der Waals surface area contributed by atoms with Crippen molar-refractivity contribution >= 4 is 10.8 Å². The quantitative estimate of drug-likeness (QED) is 0.185. The molecule has 0 nitrogen and oxygen atoms in total. The number of hydrogen-bond acceptors (Lipinski definition) is 0. The maximum absolute atomic E-state index is 15.9. The molecule has 0 N–H and O–H groups in total. The third-order valence-electron chi connectivity index (χ3n) is 6.17. The highest BCUT2D eigenvalue weighted by molar-refractivity contribution is 5.83. The van der Waals surface area contributed by atoms with Crippen LogP contribution in [-0.4, -0.2) is 0 Å². The molecule has 0 amide bonds. The average molecular weight is 451 g/mol. The first-order valence-electron chi connectivity index (χ1n) is 11.4. The number of hydrogen-bond donors (Lipinski definition) is 0. The van der Waals surface area contributed by atoms with Crippen molar-refractivity contribution < 1.29 is 17.6 Å². The Morgan fingerprint density at radius 2 is 1.42 bits per heavy atom. The van der Waals surface area contributed by atoms with Crippen LogP contribution < -0.4 is 0 Å². The Balaban J connectivity index is 1.72. The molecule has 2 unspecified atom stereocenters. The number of rotatable bonds is 8. The van der Waals surface area contributed by atoms with Crippen LogP contribution in [0.2, 0.25) is 0 Å². The minimum Gasteiger partial charge on any atom is -0.242 e. The van der Waals surface area contributed by atoms with E-state index in [2.05, 4.69) is 6.92 Å². The van der Waals surface area contributed by atoms with Gasteiger partial charge >= 0.3 is 0 Å². The van der Waals surface area contributed by atoms with Gasteiger partial charge in [-0.3, -0.25) is 0 Å². The molecule has 2 atom stereocenters. The summed E-state index contributed by atoms with van der Waals surface area (Å²) >= 11 is 0. The van der Waals surface area contributed by atoms with Crippen molar-refractivity contribution in [1.29, 1.82) is 0 Å². The molecule has 0 saturated heterocycles. The van der Waals surface area contributed by atoms with Gasteiger partial charge in [-0.2, -0.15) is 0 Å². The van der Waals surface area contributed by atoms with Crippen molar-refractivity contribution in [3.8, 4) is 11.1 Å². The molecule has 0 spiro atoms. The molecule has 0 bridgehead atoms. The third kappa shape index (κ3) is 5.11. The molecule has 170 valence electrons. The predicted octanol–water partition coefficient (Wildman–Crippen LogP) is 9.30. The van der Waals surface area contributed by atoms with Crippen molar-refractivity contribution in [1.82, 2.24) is 0 Å². The van der Waals surface area contributed by atoms with E-state index < -0.39 is 29.5 Å². The molecule has 4 aromatic rings. The molecule has 0 heterocycles. The summed E-state index contributed by atoms with van der Waals surface area (Å²) in [6, 6.07) is 20.7. The van der Waals surface area contributed by atoms with E-state index in [1.54, 1.807) is 12.1 Å². The van der Waals surface area contributed by atoms with Gasteiger partial charge in [-0.25, -0.2) is 17.6 Å². The van der Waals surface area contributed by atoms with E-state index in [9.17, 15) is 4.39 Å². The zero-order chi connectivity index (χ0) is 23.4. The van der Waals surface area contributed by atoms with E-state index in [0.717, 1.165) is 36.1 Å². The van der Waals surface area contributed by atoms with Gasteiger partial charge in [0, 0.05) is 5.92 Å². The van der Waals surface area contributed by atoms with Crippen LogP contribution in [0.1, 0.15) is 55.8 Å². The molecule has 0 aromatic heterocycles. The number of unbranched alkanes of at least 4 members (excludes halogenated alkanes) is 2. The molecule has 4 rings (SSSR count). The van der Waals surface area contributed by atoms with Crippen molar-refractivity contribution in [2.45, 2.75) is 44.7 Å². The van der Waals surface area contributed by atoms with Crippen LogP contribution in [-0.2, 0) is 0 Å². The monoisotopic (exact) mass is 450 g/mol. The largest absolute Gasteiger partial charge is 0.242 e. The fourth-order valence-corrected chi connectivity index (χ4v) is 4.43. The average Bonchev–Trinajstić information content (AvgIpc) is 2.81. The van der Waals surface area contributed by atoms with E-state index in [1.165, 1.54) is 30.3 Å². The molecule has 4 heteroatoms. The summed E-state index contributed by atoms with van der Waals surface area (Å²) in [4.78, 5) is 0. The van der Waals surface area contributed by atoms with E-state index in [4.69, 9.17) is 0 Å². The Kier molecular flexibility index (Phi) is 7.12. The predicted molar refractivity (Wildman–Crippen MR) is 126 cm³/mol. The van der Waals surface area contributed by atoms with E-state index >= 15 is 13.2 Å². The maximum atomic E-state index is 15.9. The zero-order valence-electron chi connectivity index (χ0n) is 18.5. The van der Waals surface area contributed by atoms with Gasteiger partial charge in [0.15, 0.2) is 0 Å². The van der Waals surface area contributed by atoms with E-state index in [1.807, 2.05) is 30.3 Å². The minimum absolute atomic E-state index is 0.116. The lowest BCUT2D eigenvalue weighted by Crippen LogP contribution is -2.09. The summed E-state index contributed by atoms with van der Waals surface area (Å²) in [6.45, 7) is 2.05. The molecule has 4 aromatic carbocycles. The molecule has 0 saturated carbocycles. The van der Waals surface area contributed by atoms with Gasteiger partial charge in [0.1, 0.15) is 23.6 Å². The first kappa shape index (κ1) is 23.0. The maximum Gasteiger partial charge on any atom is 0.134 e. The minimum atomic E-state index is -1.41. The second kappa shape index (κ2) is 10.2. The number of fused-ring (bicyclic) bond motifs is 1. The second-order valence-electron chi connectivity index (χ2n) is 8.48. The summed E-state index contributed by atoms with van der Waals surface area (Å²) in [5.74, 6) is -2.90. The first-order chi connectivity index (χ1) is 16.0. The van der Waals surface area contributed by atoms with Crippen LogP contribution in [0.4, 0.5) is 17.6 Å². The van der Waals surface area contributed by atoms with E-state index in [-0.39, 0.29) is 16.7 Å². The van der Waals surface area contributed by atoms with Gasteiger partial charge in [0.05, 0.1) is 5.56 Å². The molecule has 33 heavy (non-hydrogen) atoms. The smallest absolute Gasteiger partial charge is 0.134 e. The number of halogens is 4. The van der Waals surface area contributed by atoms with Crippen LogP contribution in [0.5, 0.6) is 0 Å². The van der Waals surface area contributed by atoms with Gasteiger partial charge in [0.25, 0.3) is 0 Å². The van der Waals surface area contributed by atoms with Crippen LogP contribution in [0.25, 0.3) is 21.9 Å². The lowest BCUT2D eigenvalue weighted by molar-refractivity contribution is 0.272. The molecule has 0 radical (unpaired) electrons. The Labute approximate surface area is 191 Å². The number of alkyl halides is 1. The highest BCUT2D eigenvalue weighted by atomic mass is 19.1. The summed E-state index contributed by atoms with van der Waals surface area (Å²) in [6.07, 6.45) is 1.68. The highest BCUT2D eigenvalue weighted by Crippen LogP contribution is 2.41. The second-order valence-corrected chi connectivity index (χ2v) is 8.48. The standard InChI is InChI=1S/C29H26F4/c1-2-3-4-12-25(29(33)22-14-13-19-8-5-6-9-20(19)15-22)23-17-26(31)28(27(32)18-23)21-10-7-11-24(30)16-21/h5-11,13-18,25,29H,2-4,12H2,1H3. The van der Waals surface area contributed by atoms with Crippen LogP contribution in [0.15, 0.2) is 78.9 Å². The normalized spacial score (nSPS) is 13.2. The molecule has 0 fully saturated rings. The lowest BCUT2D eigenvalue weighted by atomic mass is 9.84. The first-order valence-corrected chi connectivity index (χ1v) is 11.4. The van der Waals surface area contributed by atoms with Crippen LogP contribution in [0, 0.1) is 17.5 Å². The fourth-order valence-electron chi connectivity index (χ4n) is 4.43. The van der Waals surface area contributed by atoms with Crippen molar-refractivity contribution in [3.63, 3.8) is 0 Å². The van der Waals surface area contributed by atoms with Crippen molar-refractivity contribution in [3.05, 3.63) is 107 Å². The number of benzene rings is 4. The van der Waals surface area contributed by atoms with Crippen LogP contribution in [0.3, 0.4) is 0 Å². The van der Waals surface area contributed by atoms with Gasteiger partial charge in [0.2, 0.25) is 0 Å².